The highest BCUT2D eigenvalue weighted by Crippen LogP contribution is 2.28. The largest absolute Gasteiger partial charge is 0.354 e. The molecule has 0 radical (unpaired) electrons. The Bertz CT molecular complexity index is 433. The second-order valence-electron chi connectivity index (χ2n) is 5.77. The molecule has 0 saturated carbocycles. The number of hydrogen-bond donors (Lipinski definition) is 1. The molecule has 0 aliphatic carbocycles. The van der Waals surface area contributed by atoms with Gasteiger partial charge in [-0.2, -0.15) is 0 Å². The van der Waals surface area contributed by atoms with Gasteiger partial charge in [-0.15, -0.1) is 0 Å². The van der Waals surface area contributed by atoms with Crippen molar-refractivity contribution < 1.29 is 0 Å². The van der Waals surface area contributed by atoms with Crippen LogP contribution in [0.3, 0.4) is 0 Å². The first-order valence-electron chi connectivity index (χ1n) is 6.40. The number of nitrogens with one attached hydrogen (secondary N) is 1. The van der Waals surface area contributed by atoms with E-state index in [1.807, 2.05) is 6.92 Å². The van der Waals surface area contributed by atoms with Gasteiger partial charge in [-0.1, -0.05) is 32.4 Å². The first-order valence-corrected chi connectivity index (χ1v) is 6.77. The average molecular weight is 269 g/mol. The van der Waals surface area contributed by atoms with E-state index in [0.717, 1.165) is 43.4 Å². The Morgan fingerprint density at radius 3 is 2.33 bits per heavy atom. The van der Waals surface area contributed by atoms with Gasteiger partial charge in [0.05, 0.1) is 0 Å². The molecule has 1 aromatic rings. The lowest BCUT2D eigenvalue weighted by atomic mass is 9.95. The number of piperazine rings is 1. The summed E-state index contributed by atoms with van der Waals surface area (Å²) in [5.74, 6) is 1.80. The number of halogens is 1. The van der Waals surface area contributed by atoms with Gasteiger partial charge < -0.3 is 10.2 Å². The molecular weight excluding hydrogens is 248 g/mol. The third-order valence-corrected chi connectivity index (χ3v) is 3.52. The van der Waals surface area contributed by atoms with Crippen molar-refractivity contribution in [3.05, 3.63) is 16.5 Å². The van der Waals surface area contributed by atoms with Gasteiger partial charge >= 0.3 is 0 Å². The number of aromatic nitrogens is 2. The summed E-state index contributed by atoms with van der Waals surface area (Å²) in [6, 6.07) is 0. The minimum absolute atomic E-state index is 0.0832. The normalized spacial score (nSPS) is 17.1. The number of anilines is 1. The maximum atomic E-state index is 6.25. The van der Waals surface area contributed by atoms with Gasteiger partial charge in [-0.25, -0.2) is 9.97 Å². The molecule has 1 N–H and O–H groups in total. The summed E-state index contributed by atoms with van der Waals surface area (Å²) >= 11 is 6.25. The maximum absolute atomic E-state index is 6.25. The monoisotopic (exact) mass is 268 g/mol. The molecule has 0 bridgehead atoms. The van der Waals surface area contributed by atoms with Gasteiger partial charge in [0.15, 0.2) is 0 Å². The fourth-order valence-electron chi connectivity index (χ4n) is 2.00. The standard InChI is InChI=1S/C13H21ClN4/c1-9-10(14)16-12(13(2,3)4)17-11(9)18-7-5-15-6-8-18/h15H,5-8H2,1-4H3. The highest BCUT2D eigenvalue weighted by molar-refractivity contribution is 6.30. The van der Waals surface area contributed by atoms with Crippen LogP contribution in [-0.2, 0) is 5.41 Å². The lowest BCUT2D eigenvalue weighted by molar-refractivity contribution is 0.537. The highest BCUT2D eigenvalue weighted by Gasteiger charge is 2.23. The summed E-state index contributed by atoms with van der Waals surface area (Å²) in [5, 5.41) is 3.92. The molecule has 0 unspecified atom stereocenters. The van der Waals surface area contributed by atoms with Gasteiger partial charge in [0.1, 0.15) is 16.8 Å². The summed E-state index contributed by atoms with van der Waals surface area (Å²) in [7, 11) is 0. The summed E-state index contributed by atoms with van der Waals surface area (Å²) in [5.41, 5.74) is 0.895. The van der Waals surface area contributed by atoms with Crippen LogP contribution < -0.4 is 10.2 Å². The molecule has 100 valence electrons. The number of nitrogens with zero attached hydrogens (tertiary/aromatic N) is 3. The van der Waals surface area contributed by atoms with Gasteiger partial charge in [-0.05, 0) is 6.92 Å². The van der Waals surface area contributed by atoms with Crippen molar-refractivity contribution in [3.8, 4) is 0 Å². The molecule has 2 heterocycles. The van der Waals surface area contributed by atoms with E-state index in [2.05, 4.69) is 36.0 Å². The Hall–Kier alpha value is -0.870. The minimum Gasteiger partial charge on any atom is -0.354 e. The van der Waals surface area contributed by atoms with Crippen LogP contribution in [0.1, 0.15) is 32.2 Å². The first-order chi connectivity index (χ1) is 8.39. The van der Waals surface area contributed by atoms with Gasteiger partial charge in [-0.3, -0.25) is 0 Å². The molecule has 1 aliphatic heterocycles. The van der Waals surface area contributed by atoms with E-state index >= 15 is 0 Å². The molecule has 4 nitrogen and oxygen atoms in total. The topological polar surface area (TPSA) is 41.1 Å². The van der Waals surface area contributed by atoms with Crippen LogP contribution in [-0.4, -0.2) is 36.1 Å². The van der Waals surface area contributed by atoms with E-state index in [-0.39, 0.29) is 5.41 Å². The fourth-order valence-corrected chi connectivity index (χ4v) is 2.16. The molecule has 0 spiro atoms. The van der Waals surface area contributed by atoms with Gasteiger partial charge in [0.2, 0.25) is 0 Å². The smallest absolute Gasteiger partial charge is 0.137 e. The molecule has 0 aromatic carbocycles. The van der Waals surface area contributed by atoms with Crippen molar-refractivity contribution in [1.29, 1.82) is 0 Å². The van der Waals surface area contributed by atoms with Crippen LogP contribution in [0, 0.1) is 6.92 Å². The van der Waals surface area contributed by atoms with E-state index in [9.17, 15) is 0 Å². The van der Waals surface area contributed by atoms with Crippen molar-refractivity contribution in [2.75, 3.05) is 31.1 Å². The second-order valence-corrected chi connectivity index (χ2v) is 6.13. The molecule has 1 saturated heterocycles. The molecule has 1 aliphatic rings. The van der Waals surface area contributed by atoms with Crippen LogP contribution in [0.25, 0.3) is 0 Å². The van der Waals surface area contributed by atoms with E-state index in [0.29, 0.717) is 5.15 Å². The van der Waals surface area contributed by atoms with Crippen molar-refractivity contribution in [2.45, 2.75) is 33.1 Å². The summed E-state index contributed by atoms with van der Waals surface area (Å²) < 4.78 is 0. The predicted molar refractivity (Wildman–Crippen MR) is 75.6 cm³/mol. The van der Waals surface area contributed by atoms with Crippen molar-refractivity contribution >= 4 is 17.4 Å². The zero-order valence-corrected chi connectivity index (χ0v) is 12.3. The fraction of sp³-hybridized carbons (Fsp3) is 0.692. The molecule has 1 fully saturated rings. The summed E-state index contributed by atoms with van der Waals surface area (Å²) in [6.45, 7) is 12.2. The van der Waals surface area contributed by atoms with E-state index in [1.165, 1.54) is 0 Å². The van der Waals surface area contributed by atoms with E-state index < -0.39 is 0 Å². The van der Waals surface area contributed by atoms with Gasteiger partial charge in [0, 0.05) is 37.2 Å². The van der Waals surface area contributed by atoms with Crippen LogP contribution in [0.2, 0.25) is 5.15 Å². The molecule has 18 heavy (non-hydrogen) atoms. The first kappa shape index (κ1) is 13.6. The average Bonchev–Trinajstić information content (AvgIpc) is 2.32. The third-order valence-electron chi connectivity index (χ3n) is 3.15. The Morgan fingerprint density at radius 1 is 1.17 bits per heavy atom. The summed E-state index contributed by atoms with van der Waals surface area (Å²) in [4.78, 5) is 11.4. The molecular formula is C13H21ClN4. The van der Waals surface area contributed by atoms with Crippen LogP contribution in [0.5, 0.6) is 0 Å². The van der Waals surface area contributed by atoms with E-state index in [1.54, 1.807) is 0 Å². The SMILES string of the molecule is Cc1c(Cl)nc(C(C)(C)C)nc1N1CCNCC1. The van der Waals surface area contributed by atoms with Crippen molar-refractivity contribution in [2.24, 2.45) is 0 Å². The zero-order chi connectivity index (χ0) is 13.3. The quantitative estimate of drug-likeness (QED) is 0.793. The van der Waals surface area contributed by atoms with Gasteiger partial charge in [0.25, 0.3) is 0 Å². The molecule has 1 aromatic heterocycles. The predicted octanol–water partition coefficient (Wildman–Crippen LogP) is 2.15. The Morgan fingerprint density at radius 2 is 1.78 bits per heavy atom. The van der Waals surface area contributed by atoms with Crippen LogP contribution >= 0.6 is 11.6 Å². The number of hydrogen-bond acceptors (Lipinski definition) is 4. The lowest BCUT2D eigenvalue weighted by Crippen LogP contribution is -2.44. The zero-order valence-electron chi connectivity index (χ0n) is 11.5. The second kappa shape index (κ2) is 5.02. The van der Waals surface area contributed by atoms with Crippen molar-refractivity contribution in [3.63, 3.8) is 0 Å². The molecule has 5 heteroatoms. The third kappa shape index (κ3) is 2.75. The molecule has 0 amide bonds. The van der Waals surface area contributed by atoms with Crippen LogP contribution in [0.4, 0.5) is 5.82 Å². The maximum Gasteiger partial charge on any atom is 0.137 e. The molecule has 0 atom stereocenters. The highest BCUT2D eigenvalue weighted by atomic mass is 35.5. The minimum atomic E-state index is -0.0832. The molecule has 2 rings (SSSR count). The Labute approximate surface area is 114 Å². The summed E-state index contributed by atoms with van der Waals surface area (Å²) in [6.07, 6.45) is 0. The Balaban J connectivity index is 2.42. The van der Waals surface area contributed by atoms with Crippen LogP contribution in [0.15, 0.2) is 0 Å². The number of rotatable bonds is 1. The Kier molecular flexibility index (Phi) is 3.78. The van der Waals surface area contributed by atoms with Crippen molar-refractivity contribution in [1.82, 2.24) is 15.3 Å². The van der Waals surface area contributed by atoms with E-state index in [4.69, 9.17) is 16.6 Å². The lowest BCUT2D eigenvalue weighted by Gasteiger charge is -2.31.